The Kier molecular flexibility index (Phi) is 14.0. The topological polar surface area (TPSA) is 165 Å². The molecular weight excluding hydrogens is 879 g/mol. The highest BCUT2D eigenvalue weighted by Crippen LogP contribution is 2.38. The van der Waals surface area contributed by atoms with Gasteiger partial charge in [-0.05, 0) is 135 Å². The maximum absolute atomic E-state index is 14.5. The van der Waals surface area contributed by atoms with Crippen molar-refractivity contribution in [2.24, 2.45) is 17.6 Å². The fraction of sp³-hybridized carbons (Fsp3) is 0.350. The first kappa shape index (κ1) is 44.8. The number of sulfonamides is 1. The first-order valence-corrected chi connectivity index (χ1v) is 23.5. The van der Waals surface area contributed by atoms with Crippen LogP contribution in [0.15, 0.2) is 60.7 Å². The third-order valence-electron chi connectivity index (χ3n) is 10.2. The fourth-order valence-electron chi connectivity index (χ4n) is 6.98. The smallest absolute Gasteiger partial charge is 0.255 e. The van der Waals surface area contributed by atoms with E-state index in [2.05, 4.69) is 15.4 Å². The lowest BCUT2D eigenvalue weighted by Gasteiger charge is -2.16. The summed E-state index contributed by atoms with van der Waals surface area (Å²) in [7, 11) is -1.77. The van der Waals surface area contributed by atoms with Crippen LogP contribution < -0.4 is 21.1 Å². The molecule has 4 aliphatic carbocycles. The van der Waals surface area contributed by atoms with Gasteiger partial charge in [-0.3, -0.25) is 9.59 Å². The SMILES string of the molecule is N[C@H]1CCc2c(C(=O)Nc3ccc(F)c(Cl)c3)ccc(F)c21.O=C(Nc1ccc(F)c(Cl)c1)c1ccc(F)c2c1CC[C@@H]2NS(=O)(=O)CC1CC1.O=S(=O)(Cl)CC1CC1. The van der Waals surface area contributed by atoms with Gasteiger partial charge in [-0.1, -0.05) is 23.2 Å². The second-order valence-electron chi connectivity index (χ2n) is 14.9. The van der Waals surface area contributed by atoms with E-state index in [0.717, 1.165) is 31.7 Å². The van der Waals surface area contributed by atoms with Gasteiger partial charge in [0.1, 0.15) is 23.3 Å². The highest BCUT2D eigenvalue weighted by atomic mass is 35.7. The van der Waals surface area contributed by atoms with Gasteiger partial charge in [-0.25, -0.2) is 39.1 Å². The number of benzene rings is 4. The summed E-state index contributed by atoms with van der Waals surface area (Å²) >= 11 is 11.4. The van der Waals surface area contributed by atoms with Crippen molar-refractivity contribution >= 4 is 76.1 Å². The lowest BCUT2D eigenvalue weighted by molar-refractivity contribution is 0.101. The summed E-state index contributed by atoms with van der Waals surface area (Å²) in [5, 5.41) is 5.05. The molecule has 59 heavy (non-hydrogen) atoms. The van der Waals surface area contributed by atoms with Crippen molar-refractivity contribution in [1.29, 1.82) is 0 Å². The predicted molar refractivity (Wildman–Crippen MR) is 220 cm³/mol. The van der Waals surface area contributed by atoms with E-state index >= 15 is 0 Å². The van der Waals surface area contributed by atoms with Gasteiger partial charge in [0.15, 0.2) is 0 Å². The molecule has 8 rings (SSSR count). The highest BCUT2D eigenvalue weighted by molar-refractivity contribution is 8.13. The van der Waals surface area contributed by atoms with Crippen LogP contribution in [0.1, 0.15) is 93.6 Å². The van der Waals surface area contributed by atoms with Crippen molar-refractivity contribution in [3.05, 3.63) is 127 Å². The molecule has 0 spiro atoms. The molecule has 4 aromatic rings. The zero-order valence-electron chi connectivity index (χ0n) is 31.1. The zero-order chi connectivity index (χ0) is 42.8. The molecule has 0 aromatic heterocycles. The van der Waals surface area contributed by atoms with Crippen LogP contribution in [-0.2, 0) is 31.9 Å². The van der Waals surface area contributed by atoms with Crippen LogP contribution in [0.3, 0.4) is 0 Å². The minimum Gasteiger partial charge on any atom is -0.324 e. The van der Waals surface area contributed by atoms with E-state index in [1.807, 2.05) is 0 Å². The number of amides is 2. The van der Waals surface area contributed by atoms with Gasteiger partial charge in [0.2, 0.25) is 19.1 Å². The Morgan fingerprint density at radius 2 is 1.07 bits per heavy atom. The molecule has 2 amide bonds. The van der Waals surface area contributed by atoms with E-state index in [0.29, 0.717) is 65.2 Å². The summed E-state index contributed by atoms with van der Waals surface area (Å²) in [5.74, 6) is -2.21. The summed E-state index contributed by atoms with van der Waals surface area (Å²) in [4.78, 5) is 25.1. The number of carbonyl (C=O) groups is 2. The molecule has 10 nitrogen and oxygen atoms in total. The van der Waals surface area contributed by atoms with Crippen LogP contribution in [0.5, 0.6) is 0 Å². The van der Waals surface area contributed by atoms with Crippen molar-refractivity contribution in [3.63, 3.8) is 0 Å². The zero-order valence-corrected chi connectivity index (χ0v) is 35.0. The van der Waals surface area contributed by atoms with E-state index in [4.69, 9.17) is 39.6 Å². The van der Waals surface area contributed by atoms with Crippen LogP contribution in [0.25, 0.3) is 0 Å². The molecular formula is C40H39Cl3F4N4O6S2. The minimum absolute atomic E-state index is 0.0476. The van der Waals surface area contributed by atoms with Crippen LogP contribution in [0, 0.1) is 35.1 Å². The van der Waals surface area contributed by atoms with Crippen LogP contribution in [0.4, 0.5) is 28.9 Å². The van der Waals surface area contributed by atoms with E-state index in [9.17, 15) is 44.0 Å². The van der Waals surface area contributed by atoms with E-state index in [1.54, 1.807) is 0 Å². The Balaban J connectivity index is 0.000000171. The number of rotatable bonds is 10. The molecule has 2 saturated carbocycles. The first-order valence-electron chi connectivity index (χ1n) is 18.6. The Morgan fingerprint density at radius 3 is 1.53 bits per heavy atom. The number of fused-ring (bicyclic) bond motifs is 2. The molecule has 0 heterocycles. The summed E-state index contributed by atoms with van der Waals surface area (Å²) in [5.41, 5.74) is 8.93. The van der Waals surface area contributed by atoms with Gasteiger partial charge < -0.3 is 16.4 Å². The van der Waals surface area contributed by atoms with Gasteiger partial charge in [0.05, 0.1) is 27.6 Å². The second kappa shape index (κ2) is 18.5. The minimum atomic E-state index is -3.52. The third kappa shape index (κ3) is 12.0. The van der Waals surface area contributed by atoms with Gasteiger partial charge in [-0.15, -0.1) is 0 Å². The van der Waals surface area contributed by atoms with Crippen molar-refractivity contribution in [3.8, 4) is 0 Å². The fourth-order valence-corrected chi connectivity index (χ4v) is 10.5. The molecule has 4 aromatic carbocycles. The molecule has 4 aliphatic rings. The van der Waals surface area contributed by atoms with E-state index in [1.165, 1.54) is 54.6 Å². The van der Waals surface area contributed by atoms with Gasteiger partial charge in [0, 0.05) is 50.4 Å². The Morgan fingerprint density at radius 1 is 0.627 bits per heavy atom. The average molecular weight is 918 g/mol. The number of nitrogens with two attached hydrogens (primary N) is 1. The maximum atomic E-state index is 14.5. The monoisotopic (exact) mass is 916 g/mol. The molecule has 0 radical (unpaired) electrons. The Bertz CT molecular complexity index is 2510. The standard InChI is InChI=1S/C20H19ClF2N2O3S.C16H13ClF2N2O.C4H7ClO2S/c21-15-9-12(3-6-16(15)22)24-20(26)14-4-7-17(23)19-13(14)5-8-18(19)25-29(27,28)10-11-1-2-11;17-11-7-8(1-4-12(11)18)21-16(22)10-2-5-13(19)15-9(10)3-6-14(15)20;5-8(6,7)3-4-1-2-4/h3-4,6-7,9,11,18,25H,1-2,5,8,10H2,(H,24,26);1-2,4-5,7,14H,3,6,20H2,(H,21,22);4H,1-3H2/t18-;14-;/m00./s1. The first-order chi connectivity index (χ1) is 27.8. The second-order valence-corrected chi connectivity index (χ2v) is 20.3. The summed E-state index contributed by atoms with van der Waals surface area (Å²) in [6, 6.07) is 11.8. The van der Waals surface area contributed by atoms with E-state index in [-0.39, 0.29) is 50.5 Å². The molecule has 0 bridgehead atoms. The number of hydrogen-bond acceptors (Lipinski definition) is 7. The number of halogens is 7. The summed E-state index contributed by atoms with van der Waals surface area (Å²) in [6.45, 7) is 0. The van der Waals surface area contributed by atoms with Gasteiger partial charge >= 0.3 is 0 Å². The predicted octanol–water partition coefficient (Wildman–Crippen LogP) is 8.97. The number of anilines is 2. The molecule has 0 saturated heterocycles. The quantitative estimate of drug-likeness (QED) is 0.0911. The van der Waals surface area contributed by atoms with Crippen molar-refractivity contribution in [2.75, 3.05) is 22.1 Å². The van der Waals surface area contributed by atoms with Crippen molar-refractivity contribution in [2.45, 2.75) is 63.5 Å². The summed E-state index contributed by atoms with van der Waals surface area (Å²) in [6.07, 6.45) is 5.78. The largest absolute Gasteiger partial charge is 0.324 e. The molecule has 5 N–H and O–H groups in total. The van der Waals surface area contributed by atoms with Crippen molar-refractivity contribution in [1.82, 2.24) is 4.72 Å². The van der Waals surface area contributed by atoms with Crippen LogP contribution >= 0.6 is 33.9 Å². The summed E-state index contributed by atoms with van der Waals surface area (Å²) < 4.78 is 103. The maximum Gasteiger partial charge on any atom is 0.255 e. The normalized spacial score (nSPS) is 18.1. The lowest BCUT2D eigenvalue weighted by atomic mass is 10.0. The van der Waals surface area contributed by atoms with Gasteiger partial charge in [0.25, 0.3) is 11.8 Å². The molecule has 2 fully saturated rings. The lowest BCUT2D eigenvalue weighted by Crippen LogP contribution is -2.30. The highest BCUT2D eigenvalue weighted by Gasteiger charge is 2.35. The number of hydrogen-bond donors (Lipinski definition) is 4. The average Bonchev–Trinajstić information content (AvgIpc) is 4.07. The molecule has 0 unspecified atom stereocenters. The molecule has 2 atom stereocenters. The van der Waals surface area contributed by atoms with Crippen LogP contribution in [0.2, 0.25) is 10.0 Å². The Labute approximate surface area is 353 Å². The van der Waals surface area contributed by atoms with E-state index < -0.39 is 54.4 Å². The molecule has 19 heteroatoms. The number of carbonyl (C=O) groups excluding carboxylic acids is 2. The Hall–Kier alpha value is -3.77. The third-order valence-corrected chi connectivity index (χ3v) is 13.5. The molecule has 316 valence electrons. The van der Waals surface area contributed by atoms with Gasteiger partial charge in [-0.2, -0.15) is 0 Å². The van der Waals surface area contributed by atoms with Crippen LogP contribution in [-0.4, -0.2) is 40.2 Å². The van der Waals surface area contributed by atoms with Crippen molar-refractivity contribution < 1.29 is 44.0 Å². The number of nitrogens with one attached hydrogen (secondary N) is 3. The molecule has 0 aliphatic heterocycles.